The fraction of sp³-hybridized carbons (Fsp3) is 0.444. The lowest BCUT2D eigenvalue weighted by atomic mass is 9.89. The molecule has 1 atom stereocenters. The summed E-state index contributed by atoms with van der Waals surface area (Å²) in [6.45, 7) is 4.46. The number of hydrogen-bond acceptors (Lipinski definition) is 4. The maximum absolute atomic E-state index is 13.3. The van der Waals surface area contributed by atoms with E-state index in [0.717, 1.165) is 40.7 Å². The van der Waals surface area contributed by atoms with E-state index in [9.17, 15) is 14.4 Å². The molecular formula is C27H33N3O4. The molecule has 1 aromatic carbocycles. The standard InChI is InChI=1S/C27H33N3O4/c1-17-13-22(26(32)30(18(17)2)16-19-9-5-4-6-10-19)25(31)29-24(27(33)34-3)15-21-14-20-11-7-8-12-23(20)28-21/h7-8,11-14,19,24,28H,4-6,9-10,15-16H2,1-3H3,(H,29,31). The number of amides is 1. The first-order valence-electron chi connectivity index (χ1n) is 12.0. The number of nitrogens with one attached hydrogen (secondary N) is 2. The van der Waals surface area contributed by atoms with Gasteiger partial charge < -0.3 is 19.6 Å². The Morgan fingerprint density at radius 1 is 1.15 bits per heavy atom. The van der Waals surface area contributed by atoms with Gasteiger partial charge in [-0.2, -0.15) is 0 Å². The first-order chi connectivity index (χ1) is 16.4. The van der Waals surface area contributed by atoms with Crippen LogP contribution in [-0.4, -0.2) is 34.6 Å². The van der Waals surface area contributed by atoms with Crippen LogP contribution in [0.5, 0.6) is 0 Å². The number of fused-ring (bicyclic) bond motifs is 1. The number of carbonyl (C=O) groups is 2. The minimum absolute atomic E-state index is 0.0597. The number of pyridine rings is 1. The summed E-state index contributed by atoms with van der Waals surface area (Å²) in [6, 6.07) is 10.5. The highest BCUT2D eigenvalue weighted by Gasteiger charge is 2.26. The van der Waals surface area contributed by atoms with Gasteiger partial charge in [-0.1, -0.05) is 37.5 Å². The summed E-state index contributed by atoms with van der Waals surface area (Å²) in [5.74, 6) is -0.664. The molecule has 1 aliphatic rings. The summed E-state index contributed by atoms with van der Waals surface area (Å²) in [5.41, 5.74) is 3.27. The van der Waals surface area contributed by atoms with Crippen molar-refractivity contribution in [2.45, 2.75) is 65.0 Å². The van der Waals surface area contributed by atoms with Gasteiger partial charge in [-0.05, 0) is 61.8 Å². The first kappa shape index (κ1) is 23.8. The third-order valence-corrected chi connectivity index (χ3v) is 7.02. The molecule has 2 aromatic heterocycles. The van der Waals surface area contributed by atoms with Crippen molar-refractivity contribution in [2.24, 2.45) is 5.92 Å². The number of aryl methyl sites for hydroxylation is 1. The highest BCUT2D eigenvalue weighted by Crippen LogP contribution is 2.25. The predicted molar refractivity (Wildman–Crippen MR) is 132 cm³/mol. The van der Waals surface area contributed by atoms with Crippen LogP contribution in [0.15, 0.2) is 41.2 Å². The van der Waals surface area contributed by atoms with Gasteiger partial charge in [0, 0.05) is 29.9 Å². The van der Waals surface area contributed by atoms with E-state index < -0.39 is 17.9 Å². The fourth-order valence-electron chi connectivity index (χ4n) is 4.94. The molecule has 1 saturated carbocycles. The molecule has 3 aromatic rings. The quantitative estimate of drug-likeness (QED) is 0.517. The molecular weight excluding hydrogens is 430 g/mol. The first-order valence-corrected chi connectivity index (χ1v) is 12.0. The molecule has 7 heteroatoms. The number of aromatic nitrogens is 2. The molecule has 7 nitrogen and oxygen atoms in total. The summed E-state index contributed by atoms with van der Waals surface area (Å²) < 4.78 is 6.68. The van der Waals surface area contributed by atoms with Gasteiger partial charge in [0.25, 0.3) is 11.5 Å². The number of aromatic amines is 1. The molecule has 4 rings (SSSR count). The number of para-hydroxylation sites is 1. The van der Waals surface area contributed by atoms with Crippen LogP contribution in [0.1, 0.15) is 59.4 Å². The summed E-state index contributed by atoms with van der Waals surface area (Å²) >= 11 is 0. The zero-order valence-corrected chi connectivity index (χ0v) is 20.1. The van der Waals surface area contributed by atoms with Crippen LogP contribution in [0.2, 0.25) is 0 Å². The van der Waals surface area contributed by atoms with Crippen LogP contribution >= 0.6 is 0 Å². The molecule has 2 N–H and O–H groups in total. The van der Waals surface area contributed by atoms with Gasteiger partial charge >= 0.3 is 5.97 Å². The molecule has 34 heavy (non-hydrogen) atoms. The summed E-state index contributed by atoms with van der Waals surface area (Å²) in [6.07, 6.45) is 6.07. The summed E-state index contributed by atoms with van der Waals surface area (Å²) in [4.78, 5) is 42.3. The highest BCUT2D eigenvalue weighted by atomic mass is 16.5. The second-order valence-corrected chi connectivity index (χ2v) is 9.38. The van der Waals surface area contributed by atoms with Crippen LogP contribution in [-0.2, 0) is 22.5 Å². The molecule has 2 heterocycles. The Morgan fingerprint density at radius 3 is 2.59 bits per heavy atom. The Bertz CT molecular complexity index is 1220. The van der Waals surface area contributed by atoms with Gasteiger partial charge in [-0.25, -0.2) is 4.79 Å². The van der Waals surface area contributed by atoms with Gasteiger partial charge in [0.15, 0.2) is 0 Å². The average Bonchev–Trinajstić information content (AvgIpc) is 3.26. The number of methoxy groups -OCH3 is 1. The zero-order valence-electron chi connectivity index (χ0n) is 20.1. The molecule has 0 spiro atoms. The Hall–Kier alpha value is -3.35. The van der Waals surface area contributed by atoms with Gasteiger partial charge in [0.05, 0.1) is 7.11 Å². The SMILES string of the molecule is COC(=O)C(Cc1cc2ccccc2[nH]1)NC(=O)c1cc(C)c(C)n(CC2CCCCC2)c1=O. The minimum atomic E-state index is -0.918. The van der Waals surface area contributed by atoms with Crippen molar-refractivity contribution < 1.29 is 14.3 Å². The number of benzene rings is 1. The van der Waals surface area contributed by atoms with Crippen LogP contribution in [0, 0.1) is 19.8 Å². The monoisotopic (exact) mass is 463 g/mol. The molecule has 1 unspecified atom stereocenters. The topological polar surface area (TPSA) is 93.2 Å². The lowest BCUT2D eigenvalue weighted by Crippen LogP contribution is -2.45. The van der Waals surface area contributed by atoms with Crippen molar-refractivity contribution in [1.82, 2.24) is 14.9 Å². The second-order valence-electron chi connectivity index (χ2n) is 9.38. The van der Waals surface area contributed by atoms with Crippen LogP contribution < -0.4 is 10.9 Å². The Kier molecular flexibility index (Phi) is 7.20. The predicted octanol–water partition coefficient (Wildman–Crippen LogP) is 4.04. The number of ether oxygens (including phenoxy) is 1. The van der Waals surface area contributed by atoms with Crippen molar-refractivity contribution in [3.05, 3.63) is 69.3 Å². The number of hydrogen-bond donors (Lipinski definition) is 2. The van der Waals surface area contributed by atoms with Crippen LogP contribution in [0.3, 0.4) is 0 Å². The lowest BCUT2D eigenvalue weighted by molar-refractivity contribution is -0.142. The Labute approximate surface area is 199 Å². The molecule has 0 aliphatic heterocycles. The largest absolute Gasteiger partial charge is 0.467 e. The van der Waals surface area contributed by atoms with Gasteiger partial charge in [-0.3, -0.25) is 9.59 Å². The van der Waals surface area contributed by atoms with Crippen molar-refractivity contribution >= 4 is 22.8 Å². The maximum Gasteiger partial charge on any atom is 0.328 e. The van der Waals surface area contributed by atoms with E-state index >= 15 is 0 Å². The molecule has 180 valence electrons. The van der Waals surface area contributed by atoms with E-state index in [0.29, 0.717) is 12.5 Å². The van der Waals surface area contributed by atoms with Crippen molar-refractivity contribution in [2.75, 3.05) is 7.11 Å². The minimum Gasteiger partial charge on any atom is -0.467 e. The Morgan fingerprint density at radius 2 is 1.88 bits per heavy atom. The van der Waals surface area contributed by atoms with Gasteiger partial charge in [0.2, 0.25) is 0 Å². The Balaban J connectivity index is 1.58. The highest BCUT2D eigenvalue weighted by molar-refractivity contribution is 5.96. The van der Waals surface area contributed by atoms with E-state index in [1.807, 2.05) is 44.2 Å². The second kappa shape index (κ2) is 10.3. The summed E-state index contributed by atoms with van der Waals surface area (Å²) in [7, 11) is 1.29. The normalized spacial score (nSPS) is 15.3. The number of esters is 1. The van der Waals surface area contributed by atoms with Crippen molar-refractivity contribution in [3.8, 4) is 0 Å². The zero-order chi connectivity index (χ0) is 24.2. The van der Waals surface area contributed by atoms with Crippen LogP contribution in [0.25, 0.3) is 10.9 Å². The third kappa shape index (κ3) is 5.08. The number of rotatable bonds is 7. The third-order valence-electron chi connectivity index (χ3n) is 7.02. The number of H-pyrrole nitrogens is 1. The number of nitrogens with zero attached hydrogens (tertiary/aromatic N) is 1. The van der Waals surface area contributed by atoms with Crippen LogP contribution in [0.4, 0.5) is 0 Å². The summed E-state index contributed by atoms with van der Waals surface area (Å²) in [5, 5.41) is 3.77. The van der Waals surface area contributed by atoms with E-state index in [-0.39, 0.29) is 17.5 Å². The molecule has 0 radical (unpaired) electrons. The van der Waals surface area contributed by atoms with E-state index in [4.69, 9.17) is 4.74 Å². The van der Waals surface area contributed by atoms with Crippen molar-refractivity contribution in [1.29, 1.82) is 0 Å². The molecule has 0 saturated heterocycles. The molecule has 1 amide bonds. The van der Waals surface area contributed by atoms with Gasteiger partial charge in [-0.15, -0.1) is 0 Å². The van der Waals surface area contributed by atoms with E-state index in [1.165, 1.54) is 26.4 Å². The molecule has 0 bridgehead atoms. The maximum atomic E-state index is 13.3. The lowest BCUT2D eigenvalue weighted by Gasteiger charge is -2.24. The fourth-order valence-corrected chi connectivity index (χ4v) is 4.94. The van der Waals surface area contributed by atoms with E-state index in [1.54, 1.807) is 10.6 Å². The van der Waals surface area contributed by atoms with E-state index in [2.05, 4.69) is 10.3 Å². The number of carbonyl (C=O) groups excluding carboxylic acids is 2. The van der Waals surface area contributed by atoms with Gasteiger partial charge in [0.1, 0.15) is 11.6 Å². The molecule has 1 aliphatic carbocycles. The smallest absolute Gasteiger partial charge is 0.328 e. The molecule has 1 fully saturated rings. The van der Waals surface area contributed by atoms with Crippen molar-refractivity contribution in [3.63, 3.8) is 0 Å². The average molecular weight is 464 g/mol.